The fraction of sp³-hybridized carbons (Fsp3) is 1.00. The van der Waals surface area contributed by atoms with E-state index >= 15 is 0 Å². The Labute approximate surface area is 116 Å². The van der Waals surface area contributed by atoms with Crippen LogP contribution < -0.4 is 0 Å². The van der Waals surface area contributed by atoms with Crippen LogP contribution in [0.4, 0.5) is 0 Å². The van der Waals surface area contributed by atoms with Gasteiger partial charge in [0.2, 0.25) is 0 Å². The lowest BCUT2D eigenvalue weighted by Crippen LogP contribution is -2.31. The molecule has 4 heteroatoms. The van der Waals surface area contributed by atoms with Crippen molar-refractivity contribution in [3.05, 3.63) is 0 Å². The Balaban J connectivity index is 1.81. The Bertz CT molecular complexity index is 279. The second-order valence-electron chi connectivity index (χ2n) is 6.16. The Morgan fingerprint density at radius 2 is 1.58 bits per heavy atom. The summed E-state index contributed by atoms with van der Waals surface area (Å²) >= 11 is 0. The van der Waals surface area contributed by atoms with Gasteiger partial charge >= 0.3 is 0 Å². The molecule has 0 aromatic carbocycles. The number of unbranched alkanes of at least 4 members (excludes halogenated alkanes) is 4. The van der Waals surface area contributed by atoms with Crippen molar-refractivity contribution >= 4 is 0 Å². The molecule has 0 bridgehead atoms. The first-order chi connectivity index (χ1) is 9.07. The summed E-state index contributed by atoms with van der Waals surface area (Å²) in [6.07, 6.45) is 7.00. The van der Waals surface area contributed by atoms with E-state index in [0.717, 1.165) is 12.8 Å². The normalized spacial score (nSPS) is 36.6. The van der Waals surface area contributed by atoms with E-state index in [2.05, 4.69) is 6.92 Å². The number of aliphatic hydroxyl groups excluding tert-OH is 1. The third kappa shape index (κ3) is 3.69. The van der Waals surface area contributed by atoms with E-state index in [1.165, 1.54) is 25.7 Å². The first kappa shape index (κ1) is 15.2. The zero-order valence-electron chi connectivity index (χ0n) is 12.4. The van der Waals surface area contributed by atoms with E-state index in [9.17, 15) is 5.11 Å². The topological polar surface area (TPSA) is 47.9 Å². The Morgan fingerprint density at radius 1 is 0.947 bits per heavy atom. The monoisotopic (exact) mass is 272 g/mol. The van der Waals surface area contributed by atoms with Gasteiger partial charge in [-0.25, -0.2) is 0 Å². The van der Waals surface area contributed by atoms with Crippen LogP contribution in [0.3, 0.4) is 0 Å². The van der Waals surface area contributed by atoms with Gasteiger partial charge in [0.25, 0.3) is 0 Å². The van der Waals surface area contributed by atoms with Crippen LogP contribution in [0.5, 0.6) is 0 Å². The van der Waals surface area contributed by atoms with Crippen molar-refractivity contribution in [1.82, 2.24) is 0 Å². The predicted octanol–water partition coefficient (Wildman–Crippen LogP) is 2.63. The molecule has 4 atom stereocenters. The molecule has 2 heterocycles. The molecule has 2 aliphatic rings. The fourth-order valence-electron chi connectivity index (χ4n) is 3.10. The maximum atomic E-state index is 9.38. The van der Waals surface area contributed by atoms with Crippen LogP contribution in [-0.2, 0) is 14.2 Å². The SMILES string of the molecule is CCCCCCC[C@H]1O[C@H](CO)[C@H]2OC(C)(C)O[C@H]21. The highest BCUT2D eigenvalue weighted by molar-refractivity contribution is 4.97. The van der Waals surface area contributed by atoms with Gasteiger partial charge in [-0.2, -0.15) is 0 Å². The van der Waals surface area contributed by atoms with Crippen LogP contribution in [0.2, 0.25) is 0 Å². The standard InChI is InChI=1S/C15H28O4/c1-4-5-6-7-8-9-11-13-14(12(10-16)17-11)19-15(2,3)18-13/h11-14,16H,4-10H2,1-3H3/t11-,12-,13+,14-/m1/s1. The molecule has 19 heavy (non-hydrogen) atoms. The minimum absolute atomic E-state index is 0.00689. The first-order valence-corrected chi connectivity index (χ1v) is 7.69. The van der Waals surface area contributed by atoms with Crippen molar-refractivity contribution in [2.45, 2.75) is 89.5 Å². The van der Waals surface area contributed by atoms with Gasteiger partial charge in [0.15, 0.2) is 5.79 Å². The summed E-state index contributed by atoms with van der Waals surface area (Å²) in [5.74, 6) is -0.549. The van der Waals surface area contributed by atoms with Crippen molar-refractivity contribution < 1.29 is 19.3 Å². The molecule has 2 fully saturated rings. The van der Waals surface area contributed by atoms with E-state index in [4.69, 9.17) is 14.2 Å². The van der Waals surface area contributed by atoms with E-state index in [0.29, 0.717) is 0 Å². The van der Waals surface area contributed by atoms with Crippen molar-refractivity contribution in [2.24, 2.45) is 0 Å². The second-order valence-corrected chi connectivity index (χ2v) is 6.16. The predicted molar refractivity (Wildman–Crippen MR) is 72.9 cm³/mol. The number of rotatable bonds is 7. The number of fused-ring (bicyclic) bond motifs is 1. The van der Waals surface area contributed by atoms with E-state index in [1.54, 1.807) is 0 Å². The summed E-state index contributed by atoms with van der Waals surface area (Å²) < 4.78 is 17.7. The molecule has 0 amide bonds. The van der Waals surface area contributed by atoms with Gasteiger partial charge in [-0.05, 0) is 20.3 Å². The molecule has 1 N–H and O–H groups in total. The average molecular weight is 272 g/mol. The largest absolute Gasteiger partial charge is 0.394 e. The minimum atomic E-state index is -0.549. The smallest absolute Gasteiger partial charge is 0.164 e. The maximum Gasteiger partial charge on any atom is 0.164 e. The third-order valence-electron chi connectivity index (χ3n) is 4.02. The Kier molecular flexibility index (Phi) is 5.23. The van der Waals surface area contributed by atoms with E-state index in [-0.39, 0.29) is 31.0 Å². The summed E-state index contributed by atoms with van der Waals surface area (Å²) in [5, 5.41) is 9.38. The third-order valence-corrected chi connectivity index (χ3v) is 4.02. The molecule has 0 aromatic heterocycles. The van der Waals surface area contributed by atoms with Gasteiger partial charge in [-0.3, -0.25) is 0 Å². The summed E-state index contributed by atoms with van der Waals surface area (Å²) in [6, 6.07) is 0. The Hall–Kier alpha value is -0.160. The lowest BCUT2D eigenvalue weighted by atomic mass is 10.0. The van der Waals surface area contributed by atoms with Crippen molar-refractivity contribution in [3.63, 3.8) is 0 Å². The molecule has 0 spiro atoms. The van der Waals surface area contributed by atoms with E-state index < -0.39 is 5.79 Å². The van der Waals surface area contributed by atoms with Gasteiger partial charge in [0.1, 0.15) is 18.3 Å². The van der Waals surface area contributed by atoms with Crippen molar-refractivity contribution in [1.29, 1.82) is 0 Å². The highest BCUT2D eigenvalue weighted by atomic mass is 16.8. The molecule has 0 unspecified atom stereocenters. The molecule has 2 saturated heterocycles. The summed E-state index contributed by atoms with van der Waals surface area (Å²) in [5.41, 5.74) is 0. The van der Waals surface area contributed by atoms with Crippen LogP contribution in [0.25, 0.3) is 0 Å². The number of hydrogen-bond donors (Lipinski definition) is 1. The summed E-state index contributed by atoms with van der Waals surface area (Å²) in [6.45, 7) is 6.09. The lowest BCUT2D eigenvalue weighted by molar-refractivity contribution is -0.190. The first-order valence-electron chi connectivity index (χ1n) is 7.69. The Morgan fingerprint density at radius 3 is 2.21 bits per heavy atom. The summed E-state index contributed by atoms with van der Waals surface area (Å²) in [4.78, 5) is 0. The average Bonchev–Trinajstić information content (AvgIpc) is 2.83. The fourth-order valence-corrected chi connectivity index (χ4v) is 3.10. The highest BCUT2D eigenvalue weighted by Gasteiger charge is 2.54. The molecule has 0 aromatic rings. The molecule has 0 radical (unpaired) electrons. The molecular weight excluding hydrogens is 244 g/mol. The van der Waals surface area contributed by atoms with Gasteiger partial charge in [-0.15, -0.1) is 0 Å². The summed E-state index contributed by atoms with van der Waals surface area (Å²) in [7, 11) is 0. The number of aliphatic hydroxyl groups is 1. The molecule has 2 aliphatic heterocycles. The van der Waals surface area contributed by atoms with Crippen LogP contribution in [0.1, 0.15) is 59.3 Å². The molecule has 112 valence electrons. The lowest BCUT2D eigenvalue weighted by Gasteiger charge is -2.23. The highest BCUT2D eigenvalue weighted by Crippen LogP contribution is 2.40. The minimum Gasteiger partial charge on any atom is -0.394 e. The van der Waals surface area contributed by atoms with Gasteiger partial charge < -0.3 is 19.3 Å². The van der Waals surface area contributed by atoms with Crippen molar-refractivity contribution in [3.8, 4) is 0 Å². The molecule has 0 aliphatic carbocycles. The van der Waals surface area contributed by atoms with Crippen molar-refractivity contribution in [2.75, 3.05) is 6.61 Å². The molecule has 4 nitrogen and oxygen atoms in total. The maximum absolute atomic E-state index is 9.38. The van der Waals surface area contributed by atoms with Gasteiger partial charge in [-0.1, -0.05) is 39.0 Å². The quantitative estimate of drug-likeness (QED) is 0.724. The zero-order chi connectivity index (χ0) is 13.9. The molecule has 0 saturated carbocycles. The zero-order valence-corrected chi connectivity index (χ0v) is 12.4. The van der Waals surface area contributed by atoms with Crippen LogP contribution in [0, 0.1) is 0 Å². The van der Waals surface area contributed by atoms with Crippen LogP contribution in [-0.4, -0.2) is 41.9 Å². The van der Waals surface area contributed by atoms with E-state index in [1.807, 2.05) is 13.8 Å². The second kappa shape index (κ2) is 6.53. The van der Waals surface area contributed by atoms with Crippen LogP contribution in [0.15, 0.2) is 0 Å². The van der Waals surface area contributed by atoms with Crippen LogP contribution >= 0.6 is 0 Å². The van der Waals surface area contributed by atoms with Gasteiger partial charge in [0, 0.05) is 0 Å². The molecular formula is C15H28O4. The van der Waals surface area contributed by atoms with Gasteiger partial charge in [0.05, 0.1) is 12.7 Å². The number of hydrogen-bond acceptors (Lipinski definition) is 4. The number of ether oxygens (including phenoxy) is 3. The molecule has 2 rings (SSSR count).